The van der Waals surface area contributed by atoms with E-state index in [1.807, 2.05) is 20.8 Å². The van der Waals surface area contributed by atoms with Gasteiger partial charge in [-0.15, -0.1) is 0 Å². The number of benzene rings is 1. The van der Waals surface area contributed by atoms with Gasteiger partial charge in [0.25, 0.3) is 0 Å². The Morgan fingerprint density at radius 3 is 2.19 bits per heavy atom. The van der Waals surface area contributed by atoms with Crippen LogP contribution in [0.4, 0.5) is 0 Å². The van der Waals surface area contributed by atoms with E-state index in [1.54, 1.807) is 18.2 Å². The number of hydrogen-bond acceptors (Lipinski definition) is 5. The van der Waals surface area contributed by atoms with Gasteiger partial charge in [0.05, 0.1) is 21.7 Å². The molecule has 2 rings (SSSR count). The van der Waals surface area contributed by atoms with Gasteiger partial charge >= 0.3 is 0 Å². The molecular formula is C14H21NO4S2. The summed E-state index contributed by atoms with van der Waals surface area (Å²) in [6, 6.07) is 7.45. The summed E-state index contributed by atoms with van der Waals surface area (Å²) in [5.74, 6) is -0.459. The Bertz CT molecular complexity index is 703. The molecular weight excluding hydrogens is 310 g/mol. The van der Waals surface area contributed by atoms with E-state index in [9.17, 15) is 16.8 Å². The maximum absolute atomic E-state index is 12.7. The van der Waals surface area contributed by atoms with E-state index in [-0.39, 0.29) is 21.9 Å². The smallest absolute Gasteiger partial charge is 0.183 e. The van der Waals surface area contributed by atoms with Crippen molar-refractivity contribution in [3.05, 3.63) is 30.3 Å². The first-order valence-corrected chi connectivity index (χ1v) is 10.2. The first-order valence-electron chi connectivity index (χ1n) is 6.78. The molecule has 0 saturated carbocycles. The lowest BCUT2D eigenvalue weighted by atomic mass is 10.1. The van der Waals surface area contributed by atoms with Gasteiger partial charge in [0.15, 0.2) is 19.7 Å². The highest BCUT2D eigenvalue weighted by Crippen LogP contribution is 2.27. The lowest BCUT2D eigenvalue weighted by molar-refractivity contribution is 0.375. The maximum atomic E-state index is 12.7. The second kappa shape index (κ2) is 5.37. The van der Waals surface area contributed by atoms with Crippen LogP contribution in [-0.2, 0) is 19.7 Å². The van der Waals surface area contributed by atoms with E-state index in [4.69, 9.17) is 0 Å². The Morgan fingerprint density at radius 2 is 1.67 bits per heavy atom. The van der Waals surface area contributed by atoms with Gasteiger partial charge in [0.1, 0.15) is 0 Å². The number of rotatable bonds is 3. The maximum Gasteiger partial charge on any atom is 0.183 e. The highest BCUT2D eigenvalue weighted by molar-refractivity contribution is 7.96. The van der Waals surface area contributed by atoms with Gasteiger partial charge < -0.3 is 5.32 Å². The molecule has 1 fully saturated rings. The molecule has 0 aromatic heterocycles. The first-order chi connectivity index (χ1) is 9.51. The summed E-state index contributed by atoms with van der Waals surface area (Å²) < 4.78 is 49.2. The summed E-state index contributed by atoms with van der Waals surface area (Å²) in [6.45, 7) is 5.68. The second-order valence-electron chi connectivity index (χ2n) is 6.47. The Hall–Kier alpha value is -0.920. The van der Waals surface area contributed by atoms with Crippen molar-refractivity contribution in [3.8, 4) is 0 Å². The second-order valence-corrected chi connectivity index (χ2v) is 10.8. The molecule has 1 saturated heterocycles. The average Bonchev–Trinajstić information content (AvgIpc) is 2.64. The van der Waals surface area contributed by atoms with Crippen molar-refractivity contribution < 1.29 is 16.8 Å². The fourth-order valence-electron chi connectivity index (χ4n) is 2.60. The molecule has 5 nitrogen and oxygen atoms in total. The molecule has 1 aliphatic rings. The summed E-state index contributed by atoms with van der Waals surface area (Å²) in [7, 11) is -7.02. The zero-order chi connectivity index (χ0) is 15.9. The van der Waals surface area contributed by atoms with Crippen molar-refractivity contribution in [2.24, 2.45) is 0 Å². The Morgan fingerprint density at radius 1 is 1.10 bits per heavy atom. The topological polar surface area (TPSA) is 80.3 Å². The highest BCUT2D eigenvalue weighted by Gasteiger charge is 2.46. The van der Waals surface area contributed by atoms with E-state index in [2.05, 4.69) is 5.32 Å². The SMILES string of the molecule is CC(C)(C)N[C@H]1CS(=O)(=O)C[C@@H]1S(=O)(=O)c1ccccc1. The number of hydrogen-bond donors (Lipinski definition) is 1. The molecule has 7 heteroatoms. The van der Waals surface area contributed by atoms with Gasteiger partial charge in [-0.3, -0.25) is 0 Å². The number of sulfone groups is 2. The van der Waals surface area contributed by atoms with Crippen LogP contribution in [0.25, 0.3) is 0 Å². The Labute approximate surface area is 126 Å². The van der Waals surface area contributed by atoms with Crippen LogP contribution < -0.4 is 5.32 Å². The normalized spacial score (nSPS) is 25.9. The summed E-state index contributed by atoms with van der Waals surface area (Å²) in [6.07, 6.45) is 0. The predicted molar refractivity (Wildman–Crippen MR) is 82.7 cm³/mol. The molecule has 0 amide bonds. The van der Waals surface area contributed by atoms with Gasteiger partial charge in [-0.2, -0.15) is 0 Å². The van der Waals surface area contributed by atoms with Crippen LogP contribution in [0, 0.1) is 0 Å². The Kier molecular flexibility index (Phi) is 4.21. The Balaban J connectivity index is 2.40. The fourth-order valence-corrected chi connectivity index (χ4v) is 7.27. The molecule has 0 unspecified atom stereocenters. The van der Waals surface area contributed by atoms with E-state index < -0.39 is 31.0 Å². The molecule has 1 aromatic rings. The van der Waals surface area contributed by atoms with Gasteiger partial charge in [0, 0.05) is 11.6 Å². The minimum Gasteiger partial charge on any atom is -0.307 e. The van der Waals surface area contributed by atoms with Crippen molar-refractivity contribution in [1.29, 1.82) is 0 Å². The molecule has 0 spiro atoms. The van der Waals surface area contributed by atoms with Crippen molar-refractivity contribution in [3.63, 3.8) is 0 Å². The van der Waals surface area contributed by atoms with Crippen molar-refractivity contribution >= 4 is 19.7 Å². The third kappa shape index (κ3) is 3.84. The largest absolute Gasteiger partial charge is 0.307 e. The summed E-state index contributed by atoms with van der Waals surface area (Å²) >= 11 is 0. The minimum atomic E-state index is -3.67. The van der Waals surface area contributed by atoms with Gasteiger partial charge in [-0.25, -0.2) is 16.8 Å². The quantitative estimate of drug-likeness (QED) is 0.894. The van der Waals surface area contributed by atoms with E-state index in [1.165, 1.54) is 12.1 Å². The lowest BCUT2D eigenvalue weighted by Crippen LogP contribution is -2.51. The van der Waals surface area contributed by atoms with Crippen LogP contribution in [0.3, 0.4) is 0 Å². The molecule has 1 aliphatic heterocycles. The van der Waals surface area contributed by atoms with E-state index in [0.29, 0.717) is 0 Å². The average molecular weight is 331 g/mol. The molecule has 21 heavy (non-hydrogen) atoms. The van der Waals surface area contributed by atoms with Crippen molar-refractivity contribution in [1.82, 2.24) is 5.32 Å². The van der Waals surface area contributed by atoms with Gasteiger partial charge in [-0.05, 0) is 32.9 Å². The van der Waals surface area contributed by atoms with E-state index >= 15 is 0 Å². The summed E-state index contributed by atoms with van der Waals surface area (Å²) in [4.78, 5) is 0.174. The molecule has 0 radical (unpaired) electrons. The third-order valence-electron chi connectivity index (χ3n) is 3.39. The molecule has 1 heterocycles. The molecule has 0 aliphatic carbocycles. The van der Waals surface area contributed by atoms with Gasteiger partial charge in [0.2, 0.25) is 0 Å². The zero-order valence-electron chi connectivity index (χ0n) is 12.4. The molecule has 118 valence electrons. The van der Waals surface area contributed by atoms with Crippen LogP contribution in [0.1, 0.15) is 20.8 Å². The molecule has 1 aromatic carbocycles. The van der Waals surface area contributed by atoms with Crippen LogP contribution in [0.5, 0.6) is 0 Å². The first kappa shape index (κ1) is 16.5. The summed E-state index contributed by atoms with van der Waals surface area (Å²) in [5.41, 5.74) is -0.352. The predicted octanol–water partition coefficient (Wildman–Crippen LogP) is 1.01. The van der Waals surface area contributed by atoms with Gasteiger partial charge in [-0.1, -0.05) is 18.2 Å². The molecule has 1 N–H and O–H groups in total. The third-order valence-corrected chi connectivity index (χ3v) is 7.56. The number of nitrogens with one attached hydrogen (secondary N) is 1. The van der Waals surface area contributed by atoms with Crippen LogP contribution in [-0.4, -0.2) is 45.2 Å². The molecule has 0 bridgehead atoms. The highest BCUT2D eigenvalue weighted by atomic mass is 32.2. The van der Waals surface area contributed by atoms with Crippen molar-refractivity contribution in [2.75, 3.05) is 11.5 Å². The monoisotopic (exact) mass is 331 g/mol. The zero-order valence-corrected chi connectivity index (χ0v) is 14.0. The minimum absolute atomic E-state index is 0.138. The standard InChI is InChI=1S/C14H21NO4S2/c1-14(2,3)15-12-9-20(16,17)10-13(12)21(18,19)11-7-5-4-6-8-11/h4-8,12-13,15H,9-10H2,1-3H3/t12-,13-/m0/s1. The summed E-state index contributed by atoms with van der Waals surface area (Å²) in [5, 5.41) is 2.20. The van der Waals surface area contributed by atoms with Crippen molar-refractivity contribution in [2.45, 2.75) is 42.5 Å². The van der Waals surface area contributed by atoms with Crippen LogP contribution >= 0.6 is 0 Å². The molecule has 2 atom stereocenters. The fraction of sp³-hybridized carbons (Fsp3) is 0.571. The van der Waals surface area contributed by atoms with E-state index in [0.717, 1.165) is 0 Å². The van der Waals surface area contributed by atoms with Crippen LogP contribution in [0.15, 0.2) is 35.2 Å². The van der Waals surface area contributed by atoms with Crippen LogP contribution in [0.2, 0.25) is 0 Å². The lowest BCUT2D eigenvalue weighted by Gasteiger charge is -2.28.